The topological polar surface area (TPSA) is 68.5 Å². The number of carbonyl (C=O) groups is 2. The van der Waals surface area contributed by atoms with Crippen molar-refractivity contribution in [2.75, 3.05) is 6.61 Å². The summed E-state index contributed by atoms with van der Waals surface area (Å²) >= 11 is 5.73. The van der Waals surface area contributed by atoms with E-state index in [9.17, 15) is 14.7 Å². The van der Waals surface area contributed by atoms with Gasteiger partial charge in [-0.3, -0.25) is 4.79 Å². The van der Waals surface area contributed by atoms with Gasteiger partial charge < -0.3 is 14.4 Å². The van der Waals surface area contributed by atoms with E-state index in [1.165, 1.54) is 18.2 Å². The summed E-state index contributed by atoms with van der Waals surface area (Å²) in [6.45, 7) is 3.51. The van der Waals surface area contributed by atoms with Crippen LogP contribution in [0.25, 0.3) is 0 Å². The molecule has 1 N–H and O–H groups in total. The predicted octanol–water partition coefficient (Wildman–Crippen LogP) is 3.84. The van der Waals surface area contributed by atoms with Crippen molar-refractivity contribution >= 4 is 23.4 Å². The quantitative estimate of drug-likeness (QED) is 0.659. The van der Waals surface area contributed by atoms with Gasteiger partial charge >= 0.3 is 5.97 Å². The van der Waals surface area contributed by atoms with E-state index in [0.29, 0.717) is 16.6 Å². The largest absolute Gasteiger partial charge is 0.507 e. The Morgan fingerprint density at radius 2 is 1.96 bits per heavy atom. The Hall–Kier alpha value is -2.27. The van der Waals surface area contributed by atoms with E-state index in [1.54, 1.807) is 0 Å². The minimum absolute atomic E-state index is 0.0179. The molecule has 1 saturated carbocycles. The lowest BCUT2D eigenvalue weighted by Gasteiger charge is -2.08. The molecule has 1 aromatic heterocycles. The van der Waals surface area contributed by atoms with Crippen molar-refractivity contribution in [3.63, 3.8) is 0 Å². The second kappa shape index (κ2) is 6.32. The molecule has 126 valence electrons. The Balaban J connectivity index is 1.69. The van der Waals surface area contributed by atoms with Crippen molar-refractivity contribution in [1.82, 2.24) is 4.57 Å². The molecule has 2 aromatic rings. The van der Waals surface area contributed by atoms with Crippen LogP contribution >= 0.6 is 11.6 Å². The highest BCUT2D eigenvalue weighted by atomic mass is 35.5. The number of esters is 1. The maximum absolute atomic E-state index is 12.4. The summed E-state index contributed by atoms with van der Waals surface area (Å²) in [4.78, 5) is 24.4. The number of aromatic hydroxyl groups is 1. The lowest BCUT2D eigenvalue weighted by Crippen LogP contribution is -2.15. The number of aryl methyl sites for hydroxylation is 1. The smallest absolute Gasteiger partial charge is 0.342 e. The Morgan fingerprint density at radius 3 is 2.58 bits per heavy atom. The molecule has 1 aliphatic carbocycles. The Bertz CT molecular complexity index is 821. The van der Waals surface area contributed by atoms with Crippen molar-refractivity contribution in [3.8, 4) is 5.75 Å². The van der Waals surface area contributed by atoms with Gasteiger partial charge in [-0.15, -0.1) is 0 Å². The van der Waals surface area contributed by atoms with Crippen LogP contribution in [0.4, 0.5) is 0 Å². The summed E-state index contributed by atoms with van der Waals surface area (Å²) in [5.74, 6) is -1.28. The number of Topliss-reactive ketones (excluding diaryl/α,β-unsaturated/α-hetero) is 1. The molecule has 0 bridgehead atoms. The maximum atomic E-state index is 12.4. The summed E-state index contributed by atoms with van der Waals surface area (Å²) in [7, 11) is 0. The van der Waals surface area contributed by atoms with E-state index in [2.05, 4.69) is 4.57 Å². The van der Waals surface area contributed by atoms with Crippen LogP contribution in [-0.4, -0.2) is 28.0 Å². The zero-order valence-electron chi connectivity index (χ0n) is 13.5. The highest BCUT2D eigenvalue weighted by Crippen LogP contribution is 2.38. The number of aromatic nitrogens is 1. The minimum atomic E-state index is -0.756. The molecule has 0 radical (unpaired) electrons. The molecule has 1 fully saturated rings. The van der Waals surface area contributed by atoms with Crippen LogP contribution in [0.3, 0.4) is 0 Å². The van der Waals surface area contributed by atoms with E-state index < -0.39 is 5.97 Å². The first-order chi connectivity index (χ1) is 11.4. The molecule has 1 heterocycles. The second-order valence-corrected chi connectivity index (χ2v) is 6.48. The monoisotopic (exact) mass is 347 g/mol. The number of nitrogens with zero attached hydrogens (tertiary/aromatic N) is 1. The fourth-order valence-corrected chi connectivity index (χ4v) is 3.08. The lowest BCUT2D eigenvalue weighted by atomic mass is 10.1. The molecular weight excluding hydrogens is 330 g/mol. The first kappa shape index (κ1) is 16.6. The summed E-state index contributed by atoms with van der Waals surface area (Å²) in [6, 6.07) is 6.42. The van der Waals surface area contributed by atoms with Crippen LogP contribution in [-0.2, 0) is 4.74 Å². The molecule has 0 atom stereocenters. The summed E-state index contributed by atoms with van der Waals surface area (Å²) in [6.07, 6.45) is 2.27. The van der Waals surface area contributed by atoms with Crippen LogP contribution in [0.5, 0.6) is 5.75 Å². The van der Waals surface area contributed by atoms with E-state index in [4.69, 9.17) is 16.3 Å². The van der Waals surface area contributed by atoms with Crippen LogP contribution in [0.2, 0.25) is 5.02 Å². The number of benzene rings is 1. The van der Waals surface area contributed by atoms with Gasteiger partial charge in [0.05, 0.1) is 0 Å². The Morgan fingerprint density at radius 1 is 1.25 bits per heavy atom. The van der Waals surface area contributed by atoms with Gasteiger partial charge in [0.15, 0.2) is 6.61 Å². The van der Waals surface area contributed by atoms with Gasteiger partial charge in [0.1, 0.15) is 11.3 Å². The number of ether oxygens (including phenoxy) is 1. The Kier molecular flexibility index (Phi) is 4.37. The van der Waals surface area contributed by atoms with Gasteiger partial charge in [0.25, 0.3) is 0 Å². The average Bonchev–Trinajstić information content (AvgIpc) is 3.30. The zero-order chi connectivity index (χ0) is 17.4. The molecule has 5 nitrogen and oxygen atoms in total. The molecule has 6 heteroatoms. The van der Waals surface area contributed by atoms with Crippen LogP contribution < -0.4 is 0 Å². The number of phenolic OH excluding ortho intramolecular Hbond substituents is 1. The van der Waals surface area contributed by atoms with Crippen molar-refractivity contribution in [2.45, 2.75) is 32.7 Å². The van der Waals surface area contributed by atoms with Crippen LogP contribution in [0, 0.1) is 13.8 Å². The number of hydrogen-bond acceptors (Lipinski definition) is 4. The number of carbonyl (C=O) groups excluding carboxylic acids is 2. The molecule has 0 amide bonds. The normalized spacial score (nSPS) is 13.8. The molecule has 3 rings (SSSR count). The van der Waals surface area contributed by atoms with Crippen molar-refractivity contribution in [3.05, 3.63) is 51.8 Å². The first-order valence-corrected chi connectivity index (χ1v) is 8.13. The van der Waals surface area contributed by atoms with Gasteiger partial charge in [-0.05, 0) is 51.0 Å². The first-order valence-electron chi connectivity index (χ1n) is 7.75. The molecule has 1 aliphatic rings. The highest BCUT2D eigenvalue weighted by Gasteiger charge is 2.28. The zero-order valence-corrected chi connectivity index (χ0v) is 14.3. The molecule has 0 unspecified atom stereocenters. The molecule has 1 aromatic carbocycles. The van der Waals surface area contributed by atoms with Gasteiger partial charge in [-0.2, -0.15) is 0 Å². The predicted molar refractivity (Wildman–Crippen MR) is 89.9 cm³/mol. The SMILES string of the molecule is Cc1cc(C(=O)COC(=O)c2ccc(Cl)cc2O)c(C)n1C1CC1. The van der Waals surface area contributed by atoms with Gasteiger partial charge in [-0.1, -0.05) is 11.6 Å². The molecular formula is C18H18ClNO4. The van der Waals surface area contributed by atoms with Crippen molar-refractivity contribution in [2.24, 2.45) is 0 Å². The third kappa shape index (κ3) is 3.17. The highest BCUT2D eigenvalue weighted by molar-refractivity contribution is 6.30. The van der Waals surface area contributed by atoms with E-state index in [0.717, 1.165) is 24.2 Å². The number of phenols is 1. The molecule has 0 saturated heterocycles. The Labute approximate surface area is 144 Å². The number of hydrogen-bond donors (Lipinski definition) is 1. The summed E-state index contributed by atoms with van der Waals surface area (Å²) in [5.41, 5.74) is 2.51. The van der Waals surface area contributed by atoms with E-state index >= 15 is 0 Å². The van der Waals surface area contributed by atoms with Gasteiger partial charge in [0, 0.05) is 28.0 Å². The van der Waals surface area contributed by atoms with Crippen LogP contribution in [0.15, 0.2) is 24.3 Å². The summed E-state index contributed by atoms with van der Waals surface area (Å²) < 4.78 is 7.21. The minimum Gasteiger partial charge on any atom is -0.507 e. The maximum Gasteiger partial charge on any atom is 0.342 e. The fraction of sp³-hybridized carbons (Fsp3) is 0.333. The average molecular weight is 348 g/mol. The van der Waals surface area contributed by atoms with Gasteiger partial charge in [0.2, 0.25) is 5.78 Å². The second-order valence-electron chi connectivity index (χ2n) is 6.05. The van der Waals surface area contributed by atoms with E-state index in [-0.39, 0.29) is 23.7 Å². The standard InChI is InChI=1S/C18H18ClNO4/c1-10-7-15(11(2)20(10)13-4-5-13)17(22)9-24-18(23)14-6-3-12(19)8-16(14)21/h3,6-8,13,21H,4-5,9H2,1-2H3. The van der Waals surface area contributed by atoms with Crippen molar-refractivity contribution in [1.29, 1.82) is 0 Å². The van der Waals surface area contributed by atoms with Crippen molar-refractivity contribution < 1.29 is 19.4 Å². The summed E-state index contributed by atoms with van der Waals surface area (Å²) in [5, 5.41) is 10.0. The number of rotatable bonds is 5. The fourth-order valence-electron chi connectivity index (χ4n) is 2.92. The molecule has 24 heavy (non-hydrogen) atoms. The van der Waals surface area contributed by atoms with Crippen LogP contribution in [0.1, 0.15) is 51.0 Å². The molecule has 0 spiro atoms. The number of halogens is 1. The van der Waals surface area contributed by atoms with Gasteiger partial charge in [-0.25, -0.2) is 4.79 Å². The number of ketones is 1. The lowest BCUT2D eigenvalue weighted by molar-refractivity contribution is 0.0471. The third-order valence-corrected chi connectivity index (χ3v) is 4.45. The molecule has 0 aliphatic heterocycles. The van der Waals surface area contributed by atoms with E-state index in [1.807, 2.05) is 19.9 Å². The third-order valence-electron chi connectivity index (χ3n) is 4.21.